The zero-order chi connectivity index (χ0) is 9.14. The van der Waals surface area contributed by atoms with Gasteiger partial charge in [-0.2, -0.15) is 0 Å². The summed E-state index contributed by atoms with van der Waals surface area (Å²) in [5.74, 6) is 0.322. The van der Waals surface area contributed by atoms with Crippen molar-refractivity contribution in [3.63, 3.8) is 0 Å². The van der Waals surface area contributed by atoms with Crippen molar-refractivity contribution in [2.45, 2.75) is 19.4 Å². The Morgan fingerprint density at radius 3 is 2.83 bits per heavy atom. The Morgan fingerprint density at radius 1 is 1.75 bits per heavy atom. The lowest BCUT2D eigenvalue weighted by Crippen LogP contribution is -2.17. The van der Waals surface area contributed by atoms with E-state index in [1.165, 1.54) is 6.07 Å². The van der Waals surface area contributed by atoms with Crippen molar-refractivity contribution in [3.8, 4) is 0 Å². The van der Waals surface area contributed by atoms with Gasteiger partial charge < -0.3 is 10.2 Å². The SMILES string of the molecule is C[C@H](N)Cc1ccc([N+](=O)[O-])o1. The Balaban J connectivity index is 2.71. The fourth-order valence-electron chi connectivity index (χ4n) is 0.892. The van der Waals surface area contributed by atoms with Crippen LogP contribution in [0.4, 0.5) is 5.88 Å². The third kappa shape index (κ3) is 2.06. The average molecular weight is 170 g/mol. The van der Waals surface area contributed by atoms with Gasteiger partial charge in [0, 0.05) is 12.5 Å². The van der Waals surface area contributed by atoms with E-state index in [1.807, 2.05) is 6.92 Å². The molecule has 0 amide bonds. The van der Waals surface area contributed by atoms with E-state index in [4.69, 9.17) is 10.2 Å². The minimum atomic E-state index is -0.565. The molecule has 0 unspecified atom stereocenters. The monoisotopic (exact) mass is 170 g/mol. The topological polar surface area (TPSA) is 82.3 Å². The summed E-state index contributed by atoms with van der Waals surface area (Å²) in [6, 6.07) is 2.86. The van der Waals surface area contributed by atoms with Gasteiger partial charge in [0.1, 0.15) is 10.7 Å². The van der Waals surface area contributed by atoms with Crippen LogP contribution in [0.1, 0.15) is 12.7 Å². The molecule has 0 fully saturated rings. The summed E-state index contributed by atoms with van der Waals surface area (Å²) in [4.78, 5) is 9.62. The van der Waals surface area contributed by atoms with E-state index >= 15 is 0 Å². The molecule has 12 heavy (non-hydrogen) atoms. The summed E-state index contributed by atoms with van der Waals surface area (Å²) in [5.41, 5.74) is 5.48. The molecule has 1 rings (SSSR count). The van der Waals surface area contributed by atoms with Gasteiger partial charge in [0.2, 0.25) is 0 Å². The minimum absolute atomic E-state index is 0.0456. The quantitative estimate of drug-likeness (QED) is 0.543. The summed E-state index contributed by atoms with van der Waals surface area (Å²) in [6.45, 7) is 1.81. The third-order valence-electron chi connectivity index (χ3n) is 1.35. The van der Waals surface area contributed by atoms with Crippen LogP contribution < -0.4 is 5.73 Å². The molecule has 0 radical (unpaired) electrons. The highest BCUT2D eigenvalue weighted by Crippen LogP contribution is 2.16. The van der Waals surface area contributed by atoms with Crippen molar-refractivity contribution >= 4 is 5.88 Å². The number of rotatable bonds is 3. The smallest absolute Gasteiger partial charge is 0.406 e. The van der Waals surface area contributed by atoms with Crippen molar-refractivity contribution in [2.75, 3.05) is 0 Å². The first-order valence-electron chi connectivity index (χ1n) is 3.58. The normalized spacial score (nSPS) is 12.8. The summed E-state index contributed by atoms with van der Waals surface area (Å²) in [6.07, 6.45) is 0.522. The van der Waals surface area contributed by atoms with E-state index < -0.39 is 4.92 Å². The maximum atomic E-state index is 10.2. The molecule has 66 valence electrons. The lowest BCUT2D eigenvalue weighted by Gasteiger charge is -1.98. The lowest BCUT2D eigenvalue weighted by molar-refractivity contribution is -0.402. The van der Waals surface area contributed by atoms with Gasteiger partial charge in [0.05, 0.1) is 6.07 Å². The number of nitrogens with zero attached hydrogens (tertiary/aromatic N) is 1. The van der Waals surface area contributed by atoms with Gasteiger partial charge in [-0.15, -0.1) is 0 Å². The van der Waals surface area contributed by atoms with Gasteiger partial charge in [-0.1, -0.05) is 0 Å². The average Bonchev–Trinajstić information content (AvgIpc) is 2.34. The van der Waals surface area contributed by atoms with E-state index in [9.17, 15) is 10.1 Å². The second-order valence-electron chi connectivity index (χ2n) is 2.68. The first-order valence-corrected chi connectivity index (χ1v) is 3.58. The largest absolute Gasteiger partial charge is 0.433 e. The van der Waals surface area contributed by atoms with Crippen LogP contribution in [0.5, 0.6) is 0 Å². The summed E-state index contributed by atoms with van der Waals surface area (Å²) >= 11 is 0. The number of nitrogens with two attached hydrogens (primary N) is 1. The molecule has 1 aromatic rings. The van der Waals surface area contributed by atoms with Gasteiger partial charge in [-0.25, -0.2) is 0 Å². The molecule has 5 heteroatoms. The van der Waals surface area contributed by atoms with Gasteiger partial charge in [0.25, 0.3) is 0 Å². The molecule has 0 spiro atoms. The van der Waals surface area contributed by atoms with E-state index in [0.29, 0.717) is 12.2 Å². The molecule has 0 bridgehead atoms. The molecule has 0 saturated carbocycles. The third-order valence-corrected chi connectivity index (χ3v) is 1.35. The van der Waals surface area contributed by atoms with Crippen molar-refractivity contribution in [2.24, 2.45) is 5.73 Å². The Labute approximate surface area is 69.3 Å². The van der Waals surface area contributed by atoms with Crippen LogP contribution in [0, 0.1) is 10.1 Å². The zero-order valence-electron chi connectivity index (χ0n) is 6.69. The summed E-state index contributed by atoms with van der Waals surface area (Å²) in [7, 11) is 0. The highest BCUT2D eigenvalue weighted by molar-refractivity contribution is 5.18. The summed E-state index contributed by atoms with van der Waals surface area (Å²) < 4.78 is 4.88. The number of nitro groups is 1. The molecule has 1 atom stereocenters. The highest BCUT2D eigenvalue weighted by Gasteiger charge is 2.12. The van der Waals surface area contributed by atoms with Crippen molar-refractivity contribution in [1.82, 2.24) is 0 Å². The van der Waals surface area contributed by atoms with Gasteiger partial charge in [-0.05, 0) is 13.0 Å². The lowest BCUT2D eigenvalue weighted by atomic mass is 10.2. The van der Waals surface area contributed by atoms with Crippen LogP contribution in [0.25, 0.3) is 0 Å². The Hall–Kier alpha value is -1.36. The molecule has 1 heterocycles. The van der Waals surface area contributed by atoms with E-state index in [0.717, 1.165) is 0 Å². The van der Waals surface area contributed by atoms with Gasteiger partial charge in [-0.3, -0.25) is 10.1 Å². The number of hydrogen-bond acceptors (Lipinski definition) is 4. The standard InChI is InChI=1S/C7H10N2O3/c1-5(8)4-6-2-3-7(12-6)9(10)11/h2-3,5H,4,8H2,1H3/t5-/m0/s1. The minimum Gasteiger partial charge on any atom is -0.406 e. The fourth-order valence-corrected chi connectivity index (χ4v) is 0.892. The van der Waals surface area contributed by atoms with Gasteiger partial charge >= 0.3 is 5.88 Å². The predicted octanol–water partition coefficient (Wildman–Crippen LogP) is 1.08. The molecule has 0 aliphatic rings. The highest BCUT2D eigenvalue weighted by atomic mass is 16.6. The van der Waals surface area contributed by atoms with E-state index in [2.05, 4.69) is 0 Å². The zero-order valence-corrected chi connectivity index (χ0v) is 6.69. The summed E-state index contributed by atoms with van der Waals surface area (Å²) in [5, 5.41) is 10.2. The molecular formula is C7H10N2O3. The van der Waals surface area contributed by atoms with Crippen molar-refractivity contribution in [3.05, 3.63) is 28.0 Å². The molecule has 0 saturated heterocycles. The molecule has 0 aliphatic heterocycles. The number of furan rings is 1. The van der Waals surface area contributed by atoms with E-state index in [1.54, 1.807) is 6.07 Å². The molecule has 5 nitrogen and oxygen atoms in total. The second kappa shape index (κ2) is 3.36. The Bertz CT molecular complexity index is 280. The first kappa shape index (κ1) is 8.73. The molecule has 1 aromatic heterocycles. The Morgan fingerprint density at radius 2 is 2.42 bits per heavy atom. The van der Waals surface area contributed by atoms with Crippen LogP contribution in [0.2, 0.25) is 0 Å². The fraction of sp³-hybridized carbons (Fsp3) is 0.429. The van der Waals surface area contributed by atoms with Crippen LogP contribution in [-0.2, 0) is 6.42 Å². The molecule has 0 aromatic carbocycles. The molecule has 0 aliphatic carbocycles. The maximum Gasteiger partial charge on any atom is 0.433 e. The predicted molar refractivity (Wildman–Crippen MR) is 42.7 cm³/mol. The van der Waals surface area contributed by atoms with E-state index in [-0.39, 0.29) is 11.9 Å². The van der Waals surface area contributed by atoms with Crippen LogP contribution in [-0.4, -0.2) is 11.0 Å². The van der Waals surface area contributed by atoms with Crippen molar-refractivity contribution in [1.29, 1.82) is 0 Å². The number of hydrogen-bond donors (Lipinski definition) is 1. The Kier molecular flexibility index (Phi) is 2.44. The maximum absolute atomic E-state index is 10.2. The van der Waals surface area contributed by atoms with Gasteiger partial charge in [0.15, 0.2) is 0 Å². The first-order chi connectivity index (χ1) is 5.59. The molecule has 2 N–H and O–H groups in total. The van der Waals surface area contributed by atoms with Crippen LogP contribution in [0.15, 0.2) is 16.5 Å². The van der Waals surface area contributed by atoms with Crippen LogP contribution in [0.3, 0.4) is 0 Å². The molecular weight excluding hydrogens is 160 g/mol. The van der Waals surface area contributed by atoms with Crippen molar-refractivity contribution < 1.29 is 9.34 Å². The van der Waals surface area contributed by atoms with Crippen LogP contribution >= 0.6 is 0 Å². The second-order valence-corrected chi connectivity index (χ2v) is 2.68.